The van der Waals surface area contributed by atoms with E-state index in [1.165, 1.54) is 12.0 Å². The van der Waals surface area contributed by atoms with E-state index in [1.807, 2.05) is 48.5 Å². The zero-order valence-corrected chi connectivity index (χ0v) is 13.6. The summed E-state index contributed by atoms with van der Waals surface area (Å²) in [7, 11) is 1.45. The fraction of sp³-hybridized carbons (Fsp3) is 0.263. The number of carbonyl (C=O) groups excluding carboxylic acids is 1. The van der Waals surface area contributed by atoms with Crippen LogP contribution in [-0.4, -0.2) is 42.1 Å². The van der Waals surface area contributed by atoms with Gasteiger partial charge in [-0.15, -0.1) is 0 Å². The average Bonchev–Trinajstić information content (AvgIpc) is 2.60. The fourth-order valence-electron chi connectivity index (χ4n) is 2.51. The number of methoxy groups -OCH3 is 1. The van der Waals surface area contributed by atoms with Crippen LogP contribution < -0.4 is 0 Å². The molecule has 0 aliphatic heterocycles. The molecule has 2 aromatic rings. The highest BCUT2D eigenvalue weighted by Gasteiger charge is 2.26. The first-order valence-corrected chi connectivity index (χ1v) is 7.74. The molecular weight excluding hydrogens is 306 g/mol. The van der Waals surface area contributed by atoms with Crippen LogP contribution in [0.15, 0.2) is 60.7 Å². The first-order chi connectivity index (χ1) is 11.6. The summed E-state index contributed by atoms with van der Waals surface area (Å²) in [6.45, 7) is -0.0276. The second-order valence-corrected chi connectivity index (χ2v) is 5.42. The third kappa shape index (κ3) is 4.93. The number of amides is 1. The summed E-state index contributed by atoms with van der Waals surface area (Å²) in [5.41, 5.74) is 1.76. The van der Waals surface area contributed by atoms with E-state index < -0.39 is 12.1 Å². The molecule has 0 bridgehead atoms. The molecule has 5 heteroatoms. The van der Waals surface area contributed by atoms with E-state index in [-0.39, 0.29) is 12.5 Å². The van der Waals surface area contributed by atoms with E-state index in [1.54, 1.807) is 12.1 Å². The Hall–Kier alpha value is -2.66. The Morgan fingerprint density at radius 1 is 1.04 bits per heavy atom. The monoisotopic (exact) mass is 327 g/mol. The third-order valence-corrected chi connectivity index (χ3v) is 3.71. The van der Waals surface area contributed by atoms with Gasteiger partial charge in [-0.05, 0) is 17.5 Å². The lowest BCUT2D eigenvalue weighted by Gasteiger charge is -2.25. The van der Waals surface area contributed by atoms with Crippen molar-refractivity contribution >= 4 is 11.9 Å². The van der Waals surface area contributed by atoms with Crippen LogP contribution in [0.5, 0.6) is 0 Å². The number of rotatable bonds is 8. The SMILES string of the molecule is CO[C@@H](C(=O)N(CCc1ccccc1)CC(=O)O)c1ccccc1. The van der Waals surface area contributed by atoms with Crippen LogP contribution in [0.25, 0.3) is 0 Å². The molecule has 0 spiro atoms. The van der Waals surface area contributed by atoms with Crippen molar-refractivity contribution in [3.8, 4) is 0 Å². The minimum atomic E-state index is -1.04. The first-order valence-electron chi connectivity index (χ1n) is 7.74. The molecule has 0 fully saturated rings. The summed E-state index contributed by atoms with van der Waals surface area (Å²) >= 11 is 0. The first kappa shape index (κ1) is 17.7. The van der Waals surface area contributed by atoms with Crippen molar-refractivity contribution in [2.24, 2.45) is 0 Å². The van der Waals surface area contributed by atoms with E-state index in [2.05, 4.69) is 0 Å². The number of nitrogens with zero attached hydrogens (tertiary/aromatic N) is 1. The number of carboxylic acid groups (broad SMARTS) is 1. The van der Waals surface area contributed by atoms with Gasteiger partial charge in [-0.3, -0.25) is 9.59 Å². The van der Waals surface area contributed by atoms with Gasteiger partial charge in [0.05, 0.1) is 0 Å². The zero-order valence-electron chi connectivity index (χ0n) is 13.6. The summed E-state index contributed by atoms with van der Waals surface area (Å²) in [5.74, 6) is -1.39. The smallest absolute Gasteiger partial charge is 0.323 e. The van der Waals surface area contributed by atoms with E-state index in [0.29, 0.717) is 18.5 Å². The predicted molar refractivity (Wildman–Crippen MR) is 90.6 cm³/mol. The molecule has 0 radical (unpaired) electrons. The van der Waals surface area contributed by atoms with Crippen molar-refractivity contribution in [1.29, 1.82) is 0 Å². The molecule has 126 valence electrons. The molecule has 0 aliphatic carbocycles. The predicted octanol–water partition coefficient (Wildman–Crippen LogP) is 2.53. The Morgan fingerprint density at radius 3 is 2.17 bits per heavy atom. The number of ether oxygens (including phenoxy) is 1. The third-order valence-electron chi connectivity index (χ3n) is 3.71. The lowest BCUT2D eigenvalue weighted by atomic mass is 10.1. The van der Waals surface area contributed by atoms with Gasteiger partial charge in [0, 0.05) is 13.7 Å². The maximum Gasteiger partial charge on any atom is 0.323 e. The van der Waals surface area contributed by atoms with Gasteiger partial charge in [-0.2, -0.15) is 0 Å². The molecule has 0 unspecified atom stereocenters. The Bertz CT molecular complexity index is 658. The minimum absolute atomic E-state index is 0.321. The molecule has 0 aromatic heterocycles. The molecule has 1 atom stereocenters. The molecule has 0 aliphatic rings. The van der Waals surface area contributed by atoms with Crippen LogP contribution in [0.1, 0.15) is 17.2 Å². The van der Waals surface area contributed by atoms with E-state index in [9.17, 15) is 9.59 Å². The van der Waals surface area contributed by atoms with Gasteiger partial charge < -0.3 is 14.7 Å². The highest BCUT2D eigenvalue weighted by Crippen LogP contribution is 2.19. The van der Waals surface area contributed by atoms with Gasteiger partial charge in [0.2, 0.25) is 0 Å². The second-order valence-electron chi connectivity index (χ2n) is 5.42. The van der Waals surface area contributed by atoms with E-state index >= 15 is 0 Å². The highest BCUT2D eigenvalue weighted by atomic mass is 16.5. The molecule has 0 heterocycles. The zero-order chi connectivity index (χ0) is 17.4. The number of carboxylic acids is 1. The Morgan fingerprint density at radius 2 is 1.62 bits per heavy atom. The topological polar surface area (TPSA) is 66.8 Å². The lowest BCUT2D eigenvalue weighted by Crippen LogP contribution is -2.40. The molecule has 0 saturated carbocycles. The summed E-state index contributed by atoms with van der Waals surface area (Å²) in [6.07, 6.45) is -0.216. The van der Waals surface area contributed by atoms with Crippen LogP contribution >= 0.6 is 0 Å². The largest absolute Gasteiger partial charge is 0.480 e. The Kier molecular flexibility index (Phi) is 6.51. The van der Waals surface area contributed by atoms with Crippen LogP contribution in [0.4, 0.5) is 0 Å². The standard InChI is InChI=1S/C19H21NO4/c1-24-18(16-10-6-3-7-11-16)19(23)20(14-17(21)22)13-12-15-8-4-2-5-9-15/h2-11,18H,12-14H2,1H3,(H,21,22)/t18-/m1/s1. The number of hydrogen-bond donors (Lipinski definition) is 1. The normalized spacial score (nSPS) is 11.7. The van der Waals surface area contributed by atoms with Crippen molar-refractivity contribution < 1.29 is 19.4 Å². The van der Waals surface area contributed by atoms with Crippen molar-refractivity contribution in [3.05, 3.63) is 71.8 Å². The van der Waals surface area contributed by atoms with Crippen LogP contribution in [0, 0.1) is 0 Å². The molecule has 1 amide bonds. The number of benzene rings is 2. The van der Waals surface area contributed by atoms with Gasteiger partial charge >= 0.3 is 5.97 Å². The van der Waals surface area contributed by atoms with Gasteiger partial charge in [-0.1, -0.05) is 60.7 Å². The molecule has 24 heavy (non-hydrogen) atoms. The van der Waals surface area contributed by atoms with Crippen molar-refractivity contribution in [1.82, 2.24) is 4.90 Å². The van der Waals surface area contributed by atoms with Crippen molar-refractivity contribution in [2.75, 3.05) is 20.2 Å². The Labute approximate surface area is 141 Å². The quantitative estimate of drug-likeness (QED) is 0.809. The van der Waals surface area contributed by atoms with Crippen molar-refractivity contribution in [3.63, 3.8) is 0 Å². The summed E-state index contributed by atoms with van der Waals surface area (Å²) in [5, 5.41) is 9.12. The van der Waals surface area contributed by atoms with Crippen LogP contribution in [0.2, 0.25) is 0 Å². The molecular formula is C19H21NO4. The Balaban J connectivity index is 2.13. The lowest BCUT2D eigenvalue weighted by molar-refractivity contribution is -0.150. The maximum atomic E-state index is 12.8. The van der Waals surface area contributed by atoms with Crippen LogP contribution in [-0.2, 0) is 20.7 Å². The average molecular weight is 327 g/mol. The van der Waals surface area contributed by atoms with Crippen LogP contribution in [0.3, 0.4) is 0 Å². The molecule has 2 aromatic carbocycles. The molecule has 2 rings (SSSR count). The molecule has 0 saturated heterocycles. The van der Waals surface area contributed by atoms with Crippen molar-refractivity contribution in [2.45, 2.75) is 12.5 Å². The van der Waals surface area contributed by atoms with Gasteiger partial charge in [0.15, 0.2) is 6.10 Å². The number of carbonyl (C=O) groups is 2. The van der Waals surface area contributed by atoms with Gasteiger partial charge in [0.25, 0.3) is 5.91 Å². The van der Waals surface area contributed by atoms with E-state index in [0.717, 1.165) is 5.56 Å². The van der Waals surface area contributed by atoms with Gasteiger partial charge in [-0.25, -0.2) is 0 Å². The summed E-state index contributed by atoms with van der Waals surface area (Å²) < 4.78 is 5.33. The maximum absolute atomic E-state index is 12.8. The summed E-state index contributed by atoms with van der Waals surface area (Å²) in [6, 6.07) is 18.7. The van der Waals surface area contributed by atoms with E-state index in [4.69, 9.17) is 9.84 Å². The number of hydrogen-bond acceptors (Lipinski definition) is 3. The number of aliphatic carboxylic acids is 1. The minimum Gasteiger partial charge on any atom is -0.480 e. The second kappa shape index (κ2) is 8.84. The molecule has 5 nitrogen and oxygen atoms in total. The fourth-order valence-corrected chi connectivity index (χ4v) is 2.51. The molecule has 1 N–H and O–H groups in total. The summed E-state index contributed by atoms with van der Waals surface area (Å²) in [4.78, 5) is 25.2. The van der Waals surface area contributed by atoms with Gasteiger partial charge in [0.1, 0.15) is 6.54 Å². The highest BCUT2D eigenvalue weighted by molar-refractivity contribution is 5.85.